The van der Waals surface area contributed by atoms with E-state index in [0.29, 0.717) is 39.0 Å². The Kier molecular flexibility index (Phi) is 4.76. The number of fused-ring (bicyclic) bond motifs is 2. The third-order valence-corrected chi connectivity index (χ3v) is 5.34. The topological polar surface area (TPSA) is 117 Å². The number of nitrogens with zero attached hydrogens (tertiary/aromatic N) is 1. The average molecular weight is 421 g/mol. The number of hydrogen-bond donors (Lipinski definition) is 4. The van der Waals surface area contributed by atoms with E-state index in [-0.39, 0.29) is 5.91 Å². The Labute approximate surface area is 183 Å². The van der Waals surface area contributed by atoms with Crippen LogP contribution in [-0.4, -0.2) is 26.8 Å². The van der Waals surface area contributed by atoms with Gasteiger partial charge in [0, 0.05) is 46.0 Å². The summed E-state index contributed by atoms with van der Waals surface area (Å²) >= 11 is 0. The van der Waals surface area contributed by atoms with Crippen molar-refractivity contribution < 1.29 is 9.59 Å². The highest BCUT2D eigenvalue weighted by atomic mass is 16.2. The van der Waals surface area contributed by atoms with Crippen molar-refractivity contribution in [2.45, 2.75) is 0 Å². The largest absolute Gasteiger partial charge is 0.366 e. The molecule has 0 spiro atoms. The Hall–Kier alpha value is -4.65. The number of nitrogens with two attached hydrogens (primary N) is 1. The van der Waals surface area contributed by atoms with Crippen molar-refractivity contribution in [3.63, 3.8) is 0 Å². The first kappa shape index (κ1) is 19.3. The molecule has 5 rings (SSSR count). The highest BCUT2D eigenvalue weighted by Crippen LogP contribution is 2.30. The molecule has 0 unspecified atom stereocenters. The predicted octanol–water partition coefficient (Wildman–Crippen LogP) is 4.32. The molecular weight excluding hydrogens is 402 g/mol. The summed E-state index contributed by atoms with van der Waals surface area (Å²) in [6, 6.07) is 18.5. The second kappa shape index (κ2) is 7.88. The number of H-pyrrole nitrogens is 2. The highest BCUT2D eigenvalue weighted by molar-refractivity contribution is 6.25. The van der Waals surface area contributed by atoms with Crippen LogP contribution in [0.4, 0.5) is 5.69 Å². The summed E-state index contributed by atoms with van der Waals surface area (Å²) in [5.41, 5.74) is 10.0. The van der Waals surface area contributed by atoms with Gasteiger partial charge in [-0.25, -0.2) is 4.98 Å². The van der Waals surface area contributed by atoms with Gasteiger partial charge >= 0.3 is 0 Å². The fraction of sp³-hybridized carbons (Fsp3) is 0. The maximum absolute atomic E-state index is 13.1. The molecule has 32 heavy (non-hydrogen) atoms. The number of aromatic nitrogens is 3. The predicted molar refractivity (Wildman–Crippen MR) is 126 cm³/mol. The quantitative estimate of drug-likeness (QED) is 0.317. The van der Waals surface area contributed by atoms with Crippen LogP contribution in [0.25, 0.3) is 33.6 Å². The number of nitrogens with one attached hydrogen (secondary N) is 3. The fourth-order valence-corrected chi connectivity index (χ4v) is 3.82. The van der Waals surface area contributed by atoms with Gasteiger partial charge in [-0.1, -0.05) is 48.5 Å². The minimum absolute atomic E-state index is 0.246. The minimum Gasteiger partial charge on any atom is -0.366 e. The van der Waals surface area contributed by atoms with Gasteiger partial charge in [-0.05, 0) is 23.8 Å². The molecule has 5 aromatic rings. The van der Waals surface area contributed by atoms with Gasteiger partial charge in [0.15, 0.2) is 0 Å². The molecule has 0 radical (unpaired) electrons. The summed E-state index contributed by atoms with van der Waals surface area (Å²) in [6.45, 7) is 0. The van der Waals surface area contributed by atoms with Crippen molar-refractivity contribution in [2.75, 3.05) is 5.32 Å². The van der Waals surface area contributed by atoms with Crippen LogP contribution >= 0.6 is 0 Å². The van der Waals surface area contributed by atoms with Crippen molar-refractivity contribution in [3.8, 4) is 0 Å². The van der Waals surface area contributed by atoms with E-state index in [2.05, 4.69) is 20.3 Å². The Morgan fingerprint density at radius 2 is 1.72 bits per heavy atom. The number of anilines is 1. The van der Waals surface area contributed by atoms with E-state index in [1.807, 2.05) is 54.6 Å². The smallest absolute Gasteiger partial charge is 0.257 e. The van der Waals surface area contributed by atoms with E-state index in [0.717, 1.165) is 10.9 Å². The van der Waals surface area contributed by atoms with Crippen LogP contribution in [0.15, 0.2) is 79.3 Å². The maximum Gasteiger partial charge on any atom is 0.257 e. The van der Waals surface area contributed by atoms with Crippen LogP contribution in [0.3, 0.4) is 0 Å². The first-order valence-corrected chi connectivity index (χ1v) is 10.0. The Morgan fingerprint density at radius 3 is 2.53 bits per heavy atom. The van der Waals surface area contributed by atoms with Crippen LogP contribution in [0.2, 0.25) is 0 Å². The molecule has 7 heteroatoms. The molecule has 0 aliphatic carbocycles. The number of carbonyl (C=O) groups is 2. The van der Waals surface area contributed by atoms with Crippen molar-refractivity contribution in [1.82, 2.24) is 15.0 Å². The Bertz CT molecular complexity index is 1490. The van der Waals surface area contributed by atoms with Gasteiger partial charge in [-0.3, -0.25) is 9.59 Å². The molecule has 0 bridgehead atoms. The van der Waals surface area contributed by atoms with Gasteiger partial charge in [0.2, 0.25) is 5.91 Å². The second-order valence-corrected chi connectivity index (χ2v) is 7.32. The van der Waals surface area contributed by atoms with Gasteiger partial charge in [0.1, 0.15) is 5.65 Å². The number of aromatic amines is 2. The summed E-state index contributed by atoms with van der Waals surface area (Å²) < 4.78 is 0. The molecule has 0 fully saturated rings. The molecule has 2 amide bonds. The zero-order valence-electron chi connectivity index (χ0n) is 16.9. The van der Waals surface area contributed by atoms with E-state index in [1.54, 1.807) is 30.7 Å². The number of rotatable bonds is 5. The van der Waals surface area contributed by atoms with E-state index in [9.17, 15) is 9.59 Å². The number of para-hydroxylation sites is 1. The first-order valence-electron chi connectivity index (χ1n) is 10.0. The second-order valence-electron chi connectivity index (χ2n) is 7.32. The van der Waals surface area contributed by atoms with Crippen LogP contribution in [0, 0.1) is 0 Å². The lowest BCUT2D eigenvalue weighted by Gasteiger charge is -2.08. The van der Waals surface area contributed by atoms with Crippen molar-refractivity contribution in [3.05, 3.63) is 95.9 Å². The number of pyridine rings is 1. The monoisotopic (exact) mass is 421 g/mol. The summed E-state index contributed by atoms with van der Waals surface area (Å²) in [5, 5.41) is 4.51. The summed E-state index contributed by atoms with van der Waals surface area (Å²) in [7, 11) is 0. The Morgan fingerprint density at radius 1 is 0.938 bits per heavy atom. The lowest BCUT2D eigenvalue weighted by Crippen LogP contribution is -2.13. The van der Waals surface area contributed by atoms with Gasteiger partial charge < -0.3 is 21.0 Å². The highest BCUT2D eigenvalue weighted by Gasteiger charge is 2.16. The molecule has 156 valence electrons. The molecule has 0 aliphatic heterocycles. The molecule has 0 saturated carbocycles. The van der Waals surface area contributed by atoms with E-state index in [1.165, 1.54) is 0 Å². The standard InChI is InChI=1S/C25H19N5O2/c26-23(31)18(15-6-2-1-3-7-15)12-16-13-29-24-22(16)21(10-11-27-24)30-25(32)19-14-28-20-9-5-4-8-17(19)20/h1-14,28H,(H2,26,31)(H2,27,29,30,32). The van der Waals surface area contributed by atoms with Crippen LogP contribution in [-0.2, 0) is 4.79 Å². The molecule has 0 aliphatic rings. The molecule has 2 aromatic carbocycles. The summed E-state index contributed by atoms with van der Waals surface area (Å²) in [6.07, 6.45) is 6.75. The van der Waals surface area contributed by atoms with Crippen molar-refractivity contribution in [1.29, 1.82) is 0 Å². The number of carbonyl (C=O) groups excluding carboxylic acids is 2. The summed E-state index contributed by atoms with van der Waals surface area (Å²) in [5.74, 6) is -0.789. The lowest BCUT2D eigenvalue weighted by atomic mass is 10.0. The Balaban J connectivity index is 1.58. The van der Waals surface area contributed by atoms with E-state index in [4.69, 9.17) is 5.73 Å². The van der Waals surface area contributed by atoms with Gasteiger partial charge in [-0.15, -0.1) is 0 Å². The fourth-order valence-electron chi connectivity index (χ4n) is 3.82. The molecule has 3 heterocycles. The van der Waals surface area contributed by atoms with E-state index < -0.39 is 5.91 Å². The molecule has 3 aromatic heterocycles. The zero-order valence-corrected chi connectivity index (χ0v) is 16.9. The van der Waals surface area contributed by atoms with Gasteiger partial charge in [0.25, 0.3) is 5.91 Å². The first-order chi connectivity index (χ1) is 15.6. The van der Waals surface area contributed by atoms with Crippen molar-refractivity contribution in [2.24, 2.45) is 5.73 Å². The van der Waals surface area contributed by atoms with Gasteiger partial charge in [-0.2, -0.15) is 0 Å². The molecule has 5 N–H and O–H groups in total. The number of amides is 2. The van der Waals surface area contributed by atoms with Crippen LogP contribution < -0.4 is 11.1 Å². The van der Waals surface area contributed by atoms with Gasteiger partial charge in [0.05, 0.1) is 11.3 Å². The number of hydrogen-bond acceptors (Lipinski definition) is 3. The molecule has 0 atom stereocenters. The van der Waals surface area contributed by atoms with Crippen LogP contribution in [0.1, 0.15) is 21.5 Å². The molecule has 7 nitrogen and oxygen atoms in total. The normalized spacial score (nSPS) is 11.7. The third kappa shape index (κ3) is 3.41. The number of benzene rings is 2. The third-order valence-electron chi connectivity index (χ3n) is 5.34. The lowest BCUT2D eigenvalue weighted by molar-refractivity contribution is -0.112. The molecule has 0 saturated heterocycles. The molecular formula is C25H19N5O2. The number of primary amides is 1. The van der Waals surface area contributed by atoms with E-state index >= 15 is 0 Å². The minimum atomic E-state index is -0.543. The maximum atomic E-state index is 13.1. The van der Waals surface area contributed by atoms with Crippen LogP contribution in [0.5, 0.6) is 0 Å². The average Bonchev–Trinajstić information content (AvgIpc) is 3.43. The van der Waals surface area contributed by atoms with Crippen molar-refractivity contribution >= 4 is 51.1 Å². The SMILES string of the molecule is NC(=O)C(=Cc1c[nH]c2nccc(NC(=O)c3c[nH]c4ccccc34)c12)c1ccccc1. The summed E-state index contributed by atoms with van der Waals surface area (Å²) in [4.78, 5) is 35.8. The zero-order chi connectivity index (χ0) is 22.1.